The molecule has 0 aliphatic carbocycles. The molecule has 4 heteroatoms. The lowest BCUT2D eigenvalue weighted by Crippen LogP contribution is -2.37. The minimum Gasteiger partial charge on any atom is -0.325 e. The van der Waals surface area contributed by atoms with Crippen LogP contribution in [0, 0.1) is 5.92 Å². The van der Waals surface area contributed by atoms with Gasteiger partial charge in [-0.1, -0.05) is 25.1 Å². The second-order valence-corrected chi connectivity index (χ2v) is 5.95. The summed E-state index contributed by atoms with van der Waals surface area (Å²) in [5.41, 5.74) is 2.13. The normalized spacial score (nSPS) is 16.1. The van der Waals surface area contributed by atoms with Gasteiger partial charge in [-0.25, -0.2) is 0 Å². The second kappa shape index (κ2) is 8.15. The van der Waals surface area contributed by atoms with Gasteiger partial charge in [-0.3, -0.25) is 9.69 Å². The highest BCUT2D eigenvalue weighted by molar-refractivity contribution is 5.92. The molecule has 0 atom stereocenters. The molecule has 1 saturated heterocycles. The summed E-state index contributed by atoms with van der Waals surface area (Å²) in [6.45, 7) is 5.78. The van der Waals surface area contributed by atoms with Crippen LogP contribution >= 0.6 is 0 Å². The van der Waals surface area contributed by atoms with E-state index in [4.69, 9.17) is 0 Å². The first-order chi connectivity index (χ1) is 10.2. The van der Waals surface area contributed by atoms with Gasteiger partial charge < -0.3 is 10.6 Å². The molecule has 1 aliphatic rings. The minimum absolute atomic E-state index is 0.0762. The zero-order valence-corrected chi connectivity index (χ0v) is 13.2. The molecule has 1 aliphatic heterocycles. The van der Waals surface area contributed by atoms with E-state index in [-0.39, 0.29) is 5.91 Å². The van der Waals surface area contributed by atoms with Gasteiger partial charge in [0.2, 0.25) is 5.91 Å². The van der Waals surface area contributed by atoms with Crippen LogP contribution in [0.15, 0.2) is 24.3 Å². The molecule has 0 spiro atoms. The van der Waals surface area contributed by atoms with E-state index in [1.54, 1.807) is 0 Å². The Hall–Kier alpha value is -1.39. The van der Waals surface area contributed by atoms with E-state index in [2.05, 4.69) is 28.5 Å². The molecular weight excluding hydrogens is 262 g/mol. The molecule has 1 fully saturated rings. The zero-order chi connectivity index (χ0) is 15.1. The van der Waals surface area contributed by atoms with E-state index >= 15 is 0 Å². The van der Waals surface area contributed by atoms with Crippen molar-refractivity contribution < 1.29 is 4.79 Å². The molecule has 0 radical (unpaired) electrons. The largest absolute Gasteiger partial charge is 0.325 e. The van der Waals surface area contributed by atoms with E-state index in [9.17, 15) is 4.79 Å². The number of anilines is 1. The molecule has 4 nitrogen and oxygen atoms in total. The molecule has 2 rings (SSSR count). The third-order valence-corrected chi connectivity index (χ3v) is 4.11. The van der Waals surface area contributed by atoms with Crippen molar-refractivity contribution in [3.8, 4) is 0 Å². The van der Waals surface area contributed by atoms with Gasteiger partial charge in [-0.15, -0.1) is 0 Å². The first kappa shape index (κ1) is 16.0. The third-order valence-electron chi connectivity index (χ3n) is 4.11. The molecule has 0 unspecified atom stereocenters. The molecule has 1 aromatic rings. The summed E-state index contributed by atoms with van der Waals surface area (Å²) in [4.78, 5) is 14.3. The number of benzene rings is 1. The molecule has 1 aromatic carbocycles. The van der Waals surface area contributed by atoms with Gasteiger partial charge in [-0.2, -0.15) is 0 Å². The van der Waals surface area contributed by atoms with Gasteiger partial charge in [0, 0.05) is 12.2 Å². The van der Waals surface area contributed by atoms with E-state index in [1.807, 2.05) is 25.2 Å². The maximum absolute atomic E-state index is 12.2. The number of carbonyl (C=O) groups excluding carboxylic acids is 1. The number of para-hydroxylation sites is 1. The summed E-state index contributed by atoms with van der Waals surface area (Å²) in [6.07, 6.45) is 3.36. The van der Waals surface area contributed by atoms with Gasteiger partial charge in [0.05, 0.1) is 6.54 Å². The van der Waals surface area contributed by atoms with Crippen LogP contribution in [0.2, 0.25) is 0 Å². The van der Waals surface area contributed by atoms with E-state index in [0.717, 1.165) is 31.7 Å². The Morgan fingerprint density at radius 3 is 2.76 bits per heavy atom. The van der Waals surface area contributed by atoms with Gasteiger partial charge >= 0.3 is 0 Å². The highest BCUT2D eigenvalue weighted by atomic mass is 16.2. The van der Waals surface area contributed by atoms with Crippen molar-refractivity contribution in [2.24, 2.45) is 5.92 Å². The van der Waals surface area contributed by atoms with Crippen LogP contribution in [0.3, 0.4) is 0 Å². The van der Waals surface area contributed by atoms with E-state index in [1.165, 1.54) is 18.4 Å². The quantitative estimate of drug-likeness (QED) is 0.843. The maximum Gasteiger partial charge on any atom is 0.238 e. The van der Waals surface area contributed by atoms with Crippen molar-refractivity contribution in [1.29, 1.82) is 0 Å². The van der Waals surface area contributed by atoms with Crippen molar-refractivity contribution in [2.75, 3.05) is 38.5 Å². The highest BCUT2D eigenvalue weighted by Gasteiger charge is 2.16. The number of amides is 1. The summed E-state index contributed by atoms with van der Waals surface area (Å²) >= 11 is 0. The Bertz CT molecular complexity index is 455. The lowest BCUT2D eigenvalue weighted by atomic mass is 9.98. The smallest absolute Gasteiger partial charge is 0.238 e. The van der Waals surface area contributed by atoms with Crippen molar-refractivity contribution in [1.82, 2.24) is 10.2 Å². The number of aryl methyl sites for hydroxylation is 1. The standard InChI is InChI=1S/C17H27N3O/c1-3-15-6-4-5-7-16(15)19-17(21)13-20(2)12-14-8-10-18-11-9-14/h4-7,14,18H,3,8-13H2,1-2H3,(H,19,21). The van der Waals surface area contributed by atoms with E-state index in [0.29, 0.717) is 12.5 Å². The van der Waals surface area contributed by atoms with Crippen LogP contribution < -0.4 is 10.6 Å². The number of likely N-dealkylation sites (N-methyl/N-ethyl adjacent to an activating group) is 1. The summed E-state index contributed by atoms with van der Waals surface area (Å²) < 4.78 is 0. The Morgan fingerprint density at radius 2 is 2.05 bits per heavy atom. The van der Waals surface area contributed by atoms with Crippen LogP contribution in [-0.4, -0.2) is 44.0 Å². The van der Waals surface area contributed by atoms with Gasteiger partial charge in [0.25, 0.3) is 0 Å². The number of nitrogens with one attached hydrogen (secondary N) is 2. The first-order valence-corrected chi connectivity index (χ1v) is 7.96. The molecule has 0 saturated carbocycles. The van der Waals surface area contributed by atoms with Crippen LogP contribution in [0.25, 0.3) is 0 Å². The average molecular weight is 289 g/mol. The Kier molecular flexibility index (Phi) is 6.21. The van der Waals surface area contributed by atoms with Crippen LogP contribution in [-0.2, 0) is 11.2 Å². The predicted molar refractivity (Wildman–Crippen MR) is 87.5 cm³/mol. The molecule has 2 N–H and O–H groups in total. The number of nitrogens with zero attached hydrogens (tertiary/aromatic N) is 1. The number of carbonyl (C=O) groups is 1. The highest BCUT2D eigenvalue weighted by Crippen LogP contribution is 2.16. The Labute approximate surface area is 127 Å². The topological polar surface area (TPSA) is 44.4 Å². The fourth-order valence-corrected chi connectivity index (χ4v) is 2.96. The molecule has 0 bridgehead atoms. The van der Waals surface area contributed by atoms with Crippen LogP contribution in [0.4, 0.5) is 5.69 Å². The predicted octanol–water partition coefficient (Wildman–Crippen LogP) is 2.12. The summed E-state index contributed by atoms with van der Waals surface area (Å²) in [5.74, 6) is 0.791. The summed E-state index contributed by atoms with van der Waals surface area (Å²) in [7, 11) is 2.04. The average Bonchev–Trinajstić information content (AvgIpc) is 2.48. The Morgan fingerprint density at radius 1 is 1.33 bits per heavy atom. The zero-order valence-electron chi connectivity index (χ0n) is 13.2. The monoisotopic (exact) mass is 289 g/mol. The first-order valence-electron chi connectivity index (χ1n) is 7.96. The lowest BCUT2D eigenvalue weighted by Gasteiger charge is -2.27. The number of piperidine rings is 1. The van der Waals surface area contributed by atoms with Crippen LogP contribution in [0.5, 0.6) is 0 Å². The second-order valence-electron chi connectivity index (χ2n) is 5.95. The number of hydrogen-bond donors (Lipinski definition) is 2. The molecule has 1 heterocycles. The Balaban J connectivity index is 1.80. The molecular formula is C17H27N3O. The molecule has 1 amide bonds. The van der Waals surface area contributed by atoms with Crippen LogP contribution in [0.1, 0.15) is 25.3 Å². The van der Waals surface area contributed by atoms with Crippen molar-refractivity contribution in [3.63, 3.8) is 0 Å². The fourth-order valence-electron chi connectivity index (χ4n) is 2.96. The van der Waals surface area contributed by atoms with Gasteiger partial charge in [0.15, 0.2) is 0 Å². The minimum atomic E-state index is 0.0762. The number of hydrogen-bond acceptors (Lipinski definition) is 3. The molecule has 116 valence electrons. The molecule has 21 heavy (non-hydrogen) atoms. The summed E-state index contributed by atoms with van der Waals surface area (Å²) in [6, 6.07) is 8.02. The third kappa shape index (κ3) is 5.14. The fraction of sp³-hybridized carbons (Fsp3) is 0.588. The molecule has 0 aromatic heterocycles. The van der Waals surface area contributed by atoms with Crippen molar-refractivity contribution >= 4 is 11.6 Å². The maximum atomic E-state index is 12.2. The van der Waals surface area contributed by atoms with Crippen molar-refractivity contribution in [3.05, 3.63) is 29.8 Å². The lowest BCUT2D eigenvalue weighted by molar-refractivity contribution is -0.117. The van der Waals surface area contributed by atoms with Gasteiger partial charge in [-0.05, 0) is 56.9 Å². The number of rotatable bonds is 6. The van der Waals surface area contributed by atoms with E-state index < -0.39 is 0 Å². The SMILES string of the molecule is CCc1ccccc1NC(=O)CN(C)CC1CCNCC1. The van der Waals surface area contributed by atoms with Crippen molar-refractivity contribution in [2.45, 2.75) is 26.2 Å². The summed E-state index contributed by atoms with van der Waals surface area (Å²) in [5, 5.41) is 6.41. The van der Waals surface area contributed by atoms with Gasteiger partial charge in [0.1, 0.15) is 0 Å².